The molecular weight excluding hydrogens is 727 g/mol. The second-order valence-corrected chi connectivity index (χ2v) is 16.8. The molecule has 0 radical (unpaired) electrons. The Morgan fingerprint density at radius 2 is 0.950 bits per heavy atom. The van der Waals surface area contributed by atoms with E-state index in [4.69, 9.17) is 4.42 Å². The van der Waals surface area contributed by atoms with Crippen molar-refractivity contribution in [3.8, 4) is 33.4 Å². The van der Waals surface area contributed by atoms with E-state index in [0.717, 1.165) is 39.0 Å². The average molecular weight is 768 g/mol. The van der Waals surface area contributed by atoms with E-state index in [9.17, 15) is 0 Å². The second-order valence-electron chi connectivity index (χ2n) is 16.8. The molecule has 0 aliphatic heterocycles. The summed E-state index contributed by atoms with van der Waals surface area (Å²) in [7, 11) is 0. The van der Waals surface area contributed by atoms with Gasteiger partial charge in [0.2, 0.25) is 0 Å². The zero-order valence-electron chi connectivity index (χ0n) is 33.6. The summed E-state index contributed by atoms with van der Waals surface area (Å²) in [4.78, 5) is 2.38. The Labute approximate surface area is 350 Å². The highest BCUT2D eigenvalue weighted by molar-refractivity contribution is 6.11. The summed E-state index contributed by atoms with van der Waals surface area (Å²) in [6.07, 6.45) is 0. The minimum atomic E-state index is -0.495. The summed E-state index contributed by atoms with van der Waals surface area (Å²) in [5.74, 6) is 0. The highest BCUT2D eigenvalue weighted by atomic mass is 16.3. The van der Waals surface area contributed by atoms with Crippen molar-refractivity contribution >= 4 is 39.0 Å². The summed E-state index contributed by atoms with van der Waals surface area (Å²) in [5, 5.41) is 2.19. The van der Waals surface area contributed by atoms with E-state index in [1.807, 2.05) is 0 Å². The van der Waals surface area contributed by atoms with Crippen LogP contribution < -0.4 is 4.90 Å². The van der Waals surface area contributed by atoms with E-state index in [-0.39, 0.29) is 5.41 Å². The zero-order chi connectivity index (χ0) is 40.0. The topological polar surface area (TPSA) is 16.4 Å². The second kappa shape index (κ2) is 13.0. The SMILES string of the molecule is CC1(C)c2ccccc2-c2ccc(N(c3ccc(-c4ccccc4)cc3)c3cccc4c3oc3ccc(C5(c6ccccc6)c6ccccc6-c6ccccc65)cc34)cc21. The lowest BCUT2D eigenvalue weighted by molar-refractivity contribution is 0.660. The van der Waals surface area contributed by atoms with Gasteiger partial charge in [0.1, 0.15) is 5.58 Å². The maximum Gasteiger partial charge on any atom is 0.159 e. The summed E-state index contributed by atoms with van der Waals surface area (Å²) in [6.45, 7) is 4.70. The summed E-state index contributed by atoms with van der Waals surface area (Å²) < 4.78 is 7.04. The van der Waals surface area contributed by atoms with Crippen LogP contribution in [0.25, 0.3) is 55.3 Å². The molecule has 60 heavy (non-hydrogen) atoms. The van der Waals surface area contributed by atoms with Crippen LogP contribution in [0.15, 0.2) is 217 Å². The van der Waals surface area contributed by atoms with Gasteiger partial charge in [-0.2, -0.15) is 0 Å². The number of furan rings is 1. The number of benzene rings is 9. The van der Waals surface area contributed by atoms with Crippen molar-refractivity contribution in [1.29, 1.82) is 0 Å². The number of nitrogens with zero attached hydrogens (tertiary/aromatic N) is 1. The lowest BCUT2D eigenvalue weighted by atomic mass is 9.67. The predicted octanol–water partition coefficient (Wildman–Crippen LogP) is 15.4. The molecule has 0 unspecified atom stereocenters. The first-order valence-electron chi connectivity index (χ1n) is 20.9. The largest absolute Gasteiger partial charge is 0.454 e. The van der Waals surface area contributed by atoms with Crippen LogP contribution in [0.5, 0.6) is 0 Å². The van der Waals surface area contributed by atoms with Crippen molar-refractivity contribution < 1.29 is 4.42 Å². The zero-order valence-corrected chi connectivity index (χ0v) is 33.6. The number of anilines is 3. The van der Waals surface area contributed by atoms with Gasteiger partial charge in [0.25, 0.3) is 0 Å². The van der Waals surface area contributed by atoms with Gasteiger partial charge in [-0.15, -0.1) is 0 Å². The third-order valence-electron chi connectivity index (χ3n) is 13.4. The summed E-state index contributed by atoms with van der Waals surface area (Å²) in [5.41, 5.74) is 19.6. The Balaban J connectivity index is 1.07. The van der Waals surface area contributed by atoms with Gasteiger partial charge in [-0.3, -0.25) is 0 Å². The Hall–Kier alpha value is -7.42. The van der Waals surface area contributed by atoms with Crippen LogP contribution in [0.3, 0.4) is 0 Å². The lowest BCUT2D eigenvalue weighted by Gasteiger charge is -2.33. The van der Waals surface area contributed by atoms with Crippen LogP contribution in [0.4, 0.5) is 17.1 Å². The Bertz CT molecular complexity index is 3240. The van der Waals surface area contributed by atoms with Gasteiger partial charge in [-0.25, -0.2) is 0 Å². The molecule has 0 amide bonds. The fraction of sp³-hybridized carbons (Fsp3) is 0.0690. The monoisotopic (exact) mass is 767 g/mol. The van der Waals surface area contributed by atoms with Crippen molar-refractivity contribution in [2.75, 3.05) is 4.90 Å². The Morgan fingerprint density at radius 1 is 0.383 bits per heavy atom. The minimum absolute atomic E-state index is 0.140. The first-order valence-corrected chi connectivity index (χ1v) is 20.9. The molecule has 9 aromatic carbocycles. The van der Waals surface area contributed by atoms with Gasteiger partial charge in [0.15, 0.2) is 5.58 Å². The van der Waals surface area contributed by atoms with Gasteiger partial charge >= 0.3 is 0 Å². The molecular formula is C58H41NO. The predicted molar refractivity (Wildman–Crippen MR) is 249 cm³/mol. The number of rotatable bonds is 6. The summed E-state index contributed by atoms with van der Waals surface area (Å²) >= 11 is 0. The van der Waals surface area contributed by atoms with E-state index in [1.165, 1.54) is 66.8 Å². The van der Waals surface area contributed by atoms with Gasteiger partial charge < -0.3 is 9.32 Å². The average Bonchev–Trinajstić information content (AvgIpc) is 3.91. The van der Waals surface area contributed by atoms with Crippen molar-refractivity contribution in [1.82, 2.24) is 0 Å². The Kier molecular flexibility index (Phi) is 7.52. The van der Waals surface area contributed by atoms with Crippen LogP contribution in [0.2, 0.25) is 0 Å². The van der Waals surface area contributed by atoms with Crippen LogP contribution >= 0.6 is 0 Å². The molecule has 2 aliphatic carbocycles. The molecule has 0 fully saturated rings. The van der Waals surface area contributed by atoms with E-state index >= 15 is 0 Å². The molecule has 10 aromatic rings. The van der Waals surface area contributed by atoms with Crippen molar-refractivity contribution in [3.63, 3.8) is 0 Å². The van der Waals surface area contributed by atoms with Crippen LogP contribution in [0, 0.1) is 0 Å². The standard InChI is InChI=1S/C58H41NO/c1-57(2)50-24-12-9-20-44(50)47-34-33-43(37-53(47)57)59(42-31-28-39(29-32-42)38-16-5-3-6-17-38)54-27-15-23-48-49-36-41(30-35-55(49)60-56(48)54)58(40-18-7-4-8-19-40)51-25-13-10-21-45(51)46-22-11-14-26-52(46)58/h3-37H,1-2H3. The molecule has 2 nitrogen and oxygen atoms in total. The molecule has 0 bridgehead atoms. The van der Waals surface area contributed by atoms with Gasteiger partial charge in [0, 0.05) is 27.6 Å². The molecule has 1 heterocycles. The quantitative estimate of drug-likeness (QED) is 0.168. The van der Waals surface area contributed by atoms with E-state index < -0.39 is 5.41 Å². The fourth-order valence-corrected chi connectivity index (χ4v) is 10.6. The maximum atomic E-state index is 7.04. The van der Waals surface area contributed by atoms with Crippen molar-refractivity contribution in [2.45, 2.75) is 24.7 Å². The van der Waals surface area contributed by atoms with Crippen LogP contribution in [-0.4, -0.2) is 0 Å². The number of para-hydroxylation sites is 1. The van der Waals surface area contributed by atoms with E-state index in [0.29, 0.717) is 0 Å². The molecule has 2 heteroatoms. The molecule has 1 aromatic heterocycles. The number of hydrogen-bond acceptors (Lipinski definition) is 2. The first-order chi connectivity index (χ1) is 29.5. The lowest BCUT2D eigenvalue weighted by Crippen LogP contribution is -2.28. The highest BCUT2D eigenvalue weighted by Crippen LogP contribution is 2.57. The van der Waals surface area contributed by atoms with Crippen molar-refractivity contribution in [3.05, 3.63) is 246 Å². The fourth-order valence-electron chi connectivity index (χ4n) is 10.6. The third kappa shape index (κ3) is 4.88. The molecule has 0 saturated carbocycles. The normalized spacial score (nSPS) is 14.1. The van der Waals surface area contributed by atoms with Gasteiger partial charge in [0.05, 0.1) is 11.1 Å². The minimum Gasteiger partial charge on any atom is -0.454 e. The number of fused-ring (bicyclic) bond motifs is 9. The van der Waals surface area contributed by atoms with Gasteiger partial charge in [-0.1, -0.05) is 184 Å². The molecule has 0 spiro atoms. The molecule has 0 saturated heterocycles. The Morgan fingerprint density at radius 3 is 1.65 bits per heavy atom. The molecule has 12 rings (SSSR count). The van der Waals surface area contributed by atoms with Crippen LogP contribution in [0.1, 0.15) is 47.2 Å². The van der Waals surface area contributed by atoms with Gasteiger partial charge in [-0.05, 0) is 109 Å². The first kappa shape index (κ1) is 34.6. The number of hydrogen-bond donors (Lipinski definition) is 0. The maximum absolute atomic E-state index is 7.04. The van der Waals surface area contributed by atoms with Crippen LogP contribution in [-0.2, 0) is 10.8 Å². The smallest absolute Gasteiger partial charge is 0.159 e. The van der Waals surface area contributed by atoms with Crippen molar-refractivity contribution in [2.24, 2.45) is 0 Å². The summed E-state index contributed by atoms with van der Waals surface area (Å²) in [6, 6.07) is 77.8. The molecule has 0 atom stereocenters. The molecule has 2 aliphatic rings. The van der Waals surface area contributed by atoms with E-state index in [1.54, 1.807) is 0 Å². The molecule has 284 valence electrons. The highest BCUT2D eigenvalue weighted by Gasteiger charge is 2.46. The molecule has 0 N–H and O–H groups in total. The third-order valence-corrected chi connectivity index (χ3v) is 13.4. The van der Waals surface area contributed by atoms with E-state index in [2.05, 4.69) is 231 Å².